The van der Waals surface area contributed by atoms with E-state index in [1.807, 2.05) is 35.2 Å². The monoisotopic (exact) mass is 283 g/mol. The van der Waals surface area contributed by atoms with Crippen LogP contribution in [0.2, 0.25) is 0 Å². The third-order valence-electron chi connectivity index (χ3n) is 4.23. The van der Waals surface area contributed by atoms with Gasteiger partial charge >= 0.3 is 0 Å². The lowest BCUT2D eigenvalue weighted by molar-refractivity contribution is -0.132. The number of carbonyl (C=O) groups excluding carboxylic acids is 1. The Hall–Kier alpha value is -2.23. The number of amides is 1. The highest BCUT2D eigenvalue weighted by Gasteiger charge is 2.27. The highest BCUT2D eigenvalue weighted by molar-refractivity contribution is 5.81. The first-order valence-corrected chi connectivity index (χ1v) is 7.41. The zero-order valence-electron chi connectivity index (χ0n) is 12.5. The molecule has 0 spiro atoms. The van der Waals surface area contributed by atoms with E-state index in [2.05, 4.69) is 35.9 Å². The van der Waals surface area contributed by atoms with Gasteiger partial charge in [-0.25, -0.2) is 0 Å². The van der Waals surface area contributed by atoms with Crippen LogP contribution in [0.25, 0.3) is 0 Å². The molecule has 1 aliphatic heterocycles. The number of carbonyl (C=O) groups is 1. The molecule has 0 fully saturated rings. The van der Waals surface area contributed by atoms with Gasteiger partial charge in [0, 0.05) is 30.2 Å². The van der Waals surface area contributed by atoms with Gasteiger partial charge in [0.2, 0.25) is 5.91 Å². The molecule has 3 rings (SSSR count). The van der Waals surface area contributed by atoms with E-state index in [1.54, 1.807) is 0 Å². The molecule has 4 heteroatoms. The van der Waals surface area contributed by atoms with Crippen LogP contribution in [-0.4, -0.2) is 28.5 Å². The van der Waals surface area contributed by atoms with Crippen molar-refractivity contribution in [2.75, 3.05) is 18.4 Å². The van der Waals surface area contributed by atoms with Crippen LogP contribution < -0.4 is 5.32 Å². The van der Waals surface area contributed by atoms with Crippen molar-refractivity contribution in [1.82, 2.24) is 9.47 Å². The van der Waals surface area contributed by atoms with E-state index in [9.17, 15) is 4.79 Å². The van der Waals surface area contributed by atoms with Crippen LogP contribution in [0.15, 0.2) is 42.5 Å². The fourth-order valence-electron chi connectivity index (χ4n) is 3.00. The predicted molar refractivity (Wildman–Crippen MR) is 84.2 cm³/mol. The van der Waals surface area contributed by atoms with Crippen molar-refractivity contribution in [3.63, 3.8) is 0 Å². The molecule has 0 bridgehead atoms. The molecular formula is C17H21N3O. The van der Waals surface area contributed by atoms with E-state index in [-0.39, 0.29) is 11.9 Å². The standard InChI is InChI=1S/C17H21N3O/c1-13-8-9-16-14(2)20(11-10-19(13)16)17(21)12-18-15-6-4-3-5-7-15/h3-9,14,18H,10-12H2,1-2H3. The predicted octanol–water partition coefficient (Wildman–Crippen LogP) is 2.81. The summed E-state index contributed by atoms with van der Waals surface area (Å²) < 4.78 is 2.30. The van der Waals surface area contributed by atoms with E-state index in [4.69, 9.17) is 0 Å². The van der Waals surface area contributed by atoms with Crippen LogP contribution >= 0.6 is 0 Å². The van der Waals surface area contributed by atoms with Crippen LogP contribution in [0.5, 0.6) is 0 Å². The first-order valence-electron chi connectivity index (χ1n) is 7.41. The summed E-state index contributed by atoms with van der Waals surface area (Å²) in [6, 6.07) is 14.2. The lowest BCUT2D eigenvalue weighted by atomic mass is 10.1. The maximum absolute atomic E-state index is 12.5. The fraction of sp³-hybridized carbons (Fsp3) is 0.353. The molecule has 0 radical (unpaired) electrons. The minimum atomic E-state index is 0.137. The number of aromatic nitrogens is 1. The summed E-state index contributed by atoms with van der Waals surface area (Å²) in [6.45, 7) is 6.22. The minimum Gasteiger partial charge on any atom is -0.376 e. The molecule has 1 aromatic carbocycles. The molecule has 2 aromatic rings. The Kier molecular flexibility index (Phi) is 3.69. The number of anilines is 1. The summed E-state index contributed by atoms with van der Waals surface area (Å²) in [4.78, 5) is 14.4. The largest absolute Gasteiger partial charge is 0.376 e. The van der Waals surface area contributed by atoms with E-state index in [0.29, 0.717) is 6.54 Å². The first-order chi connectivity index (χ1) is 10.2. The van der Waals surface area contributed by atoms with Gasteiger partial charge in [0.15, 0.2) is 0 Å². The quantitative estimate of drug-likeness (QED) is 0.940. The molecule has 1 aromatic heterocycles. The van der Waals surface area contributed by atoms with Crippen molar-refractivity contribution in [2.24, 2.45) is 0 Å². The lowest BCUT2D eigenvalue weighted by Crippen LogP contribution is -2.43. The average Bonchev–Trinajstić information content (AvgIpc) is 2.89. The molecule has 0 saturated heterocycles. The average molecular weight is 283 g/mol. The van der Waals surface area contributed by atoms with Gasteiger partial charge in [0.25, 0.3) is 0 Å². The zero-order valence-corrected chi connectivity index (χ0v) is 12.5. The van der Waals surface area contributed by atoms with E-state index >= 15 is 0 Å². The van der Waals surface area contributed by atoms with Gasteiger partial charge in [-0.3, -0.25) is 4.79 Å². The highest BCUT2D eigenvalue weighted by atomic mass is 16.2. The van der Waals surface area contributed by atoms with Crippen LogP contribution in [0.4, 0.5) is 5.69 Å². The van der Waals surface area contributed by atoms with Crippen molar-refractivity contribution in [1.29, 1.82) is 0 Å². The van der Waals surface area contributed by atoms with Gasteiger partial charge in [-0.05, 0) is 38.1 Å². The third kappa shape index (κ3) is 2.66. The number of hydrogen-bond donors (Lipinski definition) is 1. The summed E-state index contributed by atoms with van der Waals surface area (Å²) in [7, 11) is 0. The molecule has 110 valence electrons. The molecule has 4 nitrogen and oxygen atoms in total. The minimum absolute atomic E-state index is 0.137. The van der Waals surface area contributed by atoms with E-state index < -0.39 is 0 Å². The molecular weight excluding hydrogens is 262 g/mol. The fourth-order valence-corrected chi connectivity index (χ4v) is 3.00. The van der Waals surface area contributed by atoms with E-state index in [1.165, 1.54) is 11.4 Å². The zero-order chi connectivity index (χ0) is 14.8. The maximum atomic E-state index is 12.5. The normalized spacial score (nSPS) is 17.4. The summed E-state index contributed by atoms with van der Waals surface area (Å²) in [6.07, 6.45) is 0. The van der Waals surface area contributed by atoms with Crippen LogP contribution in [-0.2, 0) is 11.3 Å². The van der Waals surface area contributed by atoms with Gasteiger partial charge < -0.3 is 14.8 Å². The second kappa shape index (κ2) is 5.64. The lowest BCUT2D eigenvalue weighted by Gasteiger charge is -2.35. The van der Waals surface area contributed by atoms with Gasteiger partial charge in [0.05, 0.1) is 12.6 Å². The summed E-state index contributed by atoms with van der Waals surface area (Å²) in [5, 5.41) is 3.19. The number of aryl methyl sites for hydroxylation is 1. The van der Waals surface area contributed by atoms with Crippen LogP contribution in [0.1, 0.15) is 24.4 Å². The Morgan fingerprint density at radius 1 is 1.19 bits per heavy atom. The molecule has 0 saturated carbocycles. The molecule has 1 unspecified atom stereocenters. The Morgan fingerprint density at radius 3 is 2.71 bits per heavy atom. The number of nitrogens with zero attached hydrogens (tertiary/aromatic N) is 2. The van der Waals surface area contributed by atoms with Gasteiger partial charge in [-0.2, -0.15) is 0 Å². The van der Waals surface area contributed by atoms with Crippen molar-refractivity contribution in [3.8, 4) is 0 Å². The Bertz CT molecular complexity index is 633. The highest BCUT2D eigenvalue weighted by Crippen LogP contribution is 2.27. The number of nitrogens with one attached hydrogen (secondary N) is 1. The molecule has 1 aliphatic rings. The number of benzene rings is 1. The topological polar surface area (TPSA) is 37.3 Å². The Balaban J connectivity index is 1.66. The maximum Gasteiger partial charge on any atom is 0.242 e. The number of para-hydroxylation sites is 1. The Labute approximate surface area is 125 Å². The molecule has 1 atom stereocenters. The van der Waals surface area contributed by atoms with Crippen molar-refractivity contribution in [2.45, 2.75) is 26.4 Å². The second-order valence-electron chi connectivity index (χ2n) is 5.53. The smallest absolute Gasteiger partial charge is 0.242 e. The SMILES string of the molecule is Cc1ccc2n1CCN(C(=O)CNc1ccccc1)C2C. The van der Waals surface area contributed by atoms with Crippen molar-refractivity contribution in [3.05, 3.63) is 53.9 Å². The number of fused-ring (bicyclic) bond motifs is 1. The van der Waals surface area contributed by atoms with Crippen LogP contribution in [0.3, 0.4) is 0 Å². The molecule has 1 N–H and O–H groups in total. The van der Waals surface area contributed by atoms with Crippen molar-refractivity contribution < 1.29 is 4.79 Å². The second-order valence-corrected chi connectivity index (χ2v) is 5.53. The Morgan fingerprint density at radius 2 is 1.95 bits per heavy atom. The summed E-state index contributed by atoms with van der Waals surface area (Å²) >= 11 is 0. The summed E-state index contributed by atoms with van der Waals surface area (Å²) in [5.41, 5.74) is 3.48. The number of rotatable bonds is 3. The first kappa shape index (κ1) is 13.7. The molecule has 21 heavy (non-hydrogen) atoms. The van der Waals surface area contributed by atoms with Gasteiger partial charge in [-0.1, -0.05) is 18.2 Å². The van der Waals surface area contributed by atoms with Gasteiger partial charge in [-0.15, -0.1) is 0 Å². The third-order valence-corrected chi connectivity index (χ3v) is 4.23. The number of hydrogen-bond acceptors (Lipinski definition) is 2. The van der Waals surface area contributed by atoms with E-state index in [0.717, 1.165) is 18.8 Å². The van der Waals surface area contributed by atoms with Crippen molar-refractivity contribution >= 4 is 11.6 Å². The molecule has 1 amide bonds. The molecule has 2 heterocycles. The van der Waals surface area contributed by atoms with Crippen LogP contribution in [0, 0.1) is 6.92 Å². The molecule has 0 aliphatic carbocycles. The summed E-state index contributed by atoms with van der Waals surface area (Å²) in [5.74, 6) is 0.149. The van der Waals surface area contributed by atoms with Gasteiger partial charge in [0.1, 0.15) is 0 Å².